The third-order valence-electron chi connectivity index (χ3n) is 4.50. The van der Waals surface area contributed by atoms with E-state index in [9.17, 15) is 9.59 Å². The number of benzene rings is 2. The quantitative estimate of drug-likeness (QED) is 0.477. The van der Waals surface area contributed by atoms with Crippen LogP contribution in [0.1, 0.15) is 12.6 Å². The van der Waals surface area contributed by atoms with E-state index >= 15 is 0 Å². The Bertz CT molecular complexity index is 1280. The van der Waals surface area contributed by atoms with Gasteiger partial charge in [-0.25, -0.2) is 4.68 Å². The molecule has 2 heterocycles. The third kappa shape index (κ3) is 4.11. The summed E-state index contributed by atoms with van der Waals surface area (Å²) in [7, 11) is 0. The van der Waals surface area contributed by atoms with Gasteiger partial charge in [0.05, 0.1) is 12.2 Å². The summed E-state index contributed by atoms with van der Waals surface area (Å²) in [6.07, 6.45) is 0. The van der Waals surface area contributed by atoms with E-state index in [2.05, 4.69) is 44.8 Å². The maximum atomic E-state index is 12.6. The van der Waals surface area contributed by atoms with Crippen LogP contribution >= 0.6 is 11.8 Å². The van der Waals surface area contributed by atoms with E-state index in [0.29, 0.717) is 0 Å². The van der Waals surface area contributed by atoms with Gasteiger partial charge >= 0.3 is 5.97 Å². The minimum Gasteiger partial charge on any atom is -0.465 e. The smallest absolute Gasteiger partial charge is 0.327 e. The Balaban J connectivity index is 1.69. The van der Waals surface area contributed by atoms with Crippen LogP contribution in [-0.2, 0) is 16.1 Å². The molecule has 0 fully saturated rings. The number of aromatic nitrogens is 5. The zero-order valence-electron chi connectivity index (χ0n) is 16.5. The number of pyridine rings is 1. The minimum atomic E-state index is -0.472. The first-order valence-electron chi connectivity index (χ1n) is 9.38. The summed E-state index contributed by atoms with van der Waals surface area (Å²) in [4.78, 5) is 29.2. The molecule has 2 aromatic heterocycles. The highest BCUT2D eigenvalue weighted by atomic mass is 32.2. The van der Waals surface area contributed by atoms with Gasteiger partial charge in [-0.15, -0.1) is 5.10 Å². The normalized spacial score (nSPS) is 11.0. The zero-order chi connectivity index (χ0) is 21.1. The van der Waals surface area contributed by atoms with Crippen molar-refractivity contribution in [2.75, 3.05) is 6.61 Å². The van der Waals surface area contributed by atoms with Gasteiger partial charge in [0.25, 0.3) is 5.56 Å². The van der Waals surface area contributed by atoms with Crippen molar-refractivity contribution in [1.29, 1.82) is 0 Å². The average Bonchev–Trinajstić information content (AvgIpc) is 3.17. The number of aromatic amines is 1. The number of carbonyl (C=O) groups excluding carboxylic acids is 1. The molecule has 152 valence electrons. The first kappa shape index (κ1) is 19.8. The summed E-state index contributed by atoms with van der Waals surface area (Å²) >= 11 is 1.54. The third-order valence-corrected chi connectivity index (χ3v) is 5.63. The van der Waals surface area contributed by atoms with Crippen molar-refractivity contribution in [3.8, 4) is 11.4 Å². The van der Waals surface area contributed by atoms with Gasteiger partial charge in [0.2, 0.25) is 0 Å². The SMILES string of the molecule is CCOC(=O)Cn1nnnc1-c1cc(Sc2ccc3ccccc3c2)c(C)[nH]c1=O. The molecule has 0 bridgehead atoms. The number of carbonyl (C=O) groups is 1. The first-order chi connectivity index (χ1) is 14.5. The van der Waals surface area contributed by atoms with Crippen LogP contribution in [0.4, 0.5) is 0 Å². The number of ether oxygens (including phenoxy) is 1. The molecule has 0 aliphatic carbocycles. The number of hydrogen-bond donors (Lipinski definition) is 1. The predicted octanol–water partition coefficient (Wildman–Crippen LogP) is 3.20. The molecule has 1 N–H and O–H groups in total. The Morgan fingerprint density at radius 2 is 1.97 bits per heavy atom. The van der Waals surface area contributed by atoms with Gasteiger partial charge < -0.3 is 9.72 Å². The number of H-pyrrole nitrogens is 1. The van der Waals surface area contributed by atoms with Gasteiger partial charge in [-0.05, 0) is 53.2 Å². The second kappa shape index (κ2) is 8.50. The molecule has 0 saturated heterocycles. The van der Waals surface area contributed by atoms with Crippen molar-refractivity contribution in [2.24, 2.45) is 0 Å². The van der Waals surface area contributed by atoms with Gasteiger partial charge in [-0.2, -0.15) is 0 Å². The molecule has 0 radical (unpaired) electrons. The van der Waals surface area contributed by atoms with E-state index in [1.54, 1.807) is 13.0 Å². The van der Waals surface area contributed by atoms with Crippen molar-refractivity contribution in [2.45, 2.75) is 30.2 Å². The standard InChI is InChI=1S/C21H19N5O3S/c1-3-29-19(27)12-26-20(23-24-25-26)17-11-18(13(2)22-21(17)28)30-16-9-8-14-6-4-5-7-15(14)10-16/h4-11H,3,12H2,1-2H3,(H,22,28). The average molecular weight is 421 g/mol. The first-order valence-corrected chi connectivity index (χ1v) is 10.2. The molecule has 2 aromatic carbocycles. The number of esters is 1. The molecule has 0 amide bonds. The minimum absolute atomic E-state index is 0.170. The lowest BCUT2D eigenvalue weighted by molar-refractivity contribution is -0.144. The molecule has 0 saturated carbocycles. The number of rotatable bonds is 6. The molecule has 0 aliphatic rings. The molecule has 0 atom stereocenters. The lowest BCUT2D eigenvalue weighted by Gasteiger charge is -2.09. The predicted molar refractivity (Wildman–Crippen MR) is 113 cm³/mol. The molecule has 4 rings (SSSR count). The van der Waals surface area contributed by atoms with E-state index in [1.165, 1.54) is 21.8 Å². The Morgan fingerprint density at radius 1 is 1.17 bits per heavy atom. The molecule has 9 heteroatoms. The van der Waals surface area contributed by atoms with E-state index in [0.717, 1.165) is 20.9 Å². The van der Waals surface area contributed by atoms with E-state index in [-0.39, 0.29) is 30.1 Å². The van der Waals surface area contributed by atoms with E-state index in [4.69, 9.17) is 4.74 Å². The molecule has 4 aromatic rings. The summed E-state index contributed by atoms with van der Waals surface area (Å²) < 4.78 is 6.21. The topological polar surface area (TPSA) is 103 Å². The summed E-state index contributed by atoms with van der Waals surface area (Å²) in [5.74, 6) is -0.259. The number of nitrogens with zero attached hydrogens (tertiary/aromatic N) is 4. The summed E-state index contributed by atoms with van der Waals surface area (Å²) in [6.45, 7) is 3.65. The summed E-state index contributed by atoms with van der Waals surface area (Å²) in [5, 5.41) is 13.7. The van der Waals surface area contributed by atoms with Crippen LogP contribution in [-0.4, -0.2) is 37.8 Å². The fourth-order valence-electron chi connectivity index (χ4n) is 3.07. The number of hydrogen-bond acceptors (Lipinski definition) is 7. The fraction of sp³-hybridized carbons (Fsp3) is 0.190. The lowest BCUT2D eigenvalue weighted by atomic mass is 10.1. The van der Waals surface area contributed by atoms with Crippen molar-refractivity contribution in [3.05, 3.63) is 64.6 Å². The molecule has 8 nitrogen and oxygen atoms in total. The monoisotopic (exact) mass is 421 g/mol. The second-order valence-corrected chi connectivity index (χ2v) is 7.69. The highest BCUT2D eigenvalue weighted by Gasteiger charge is 2.18. The Morgan fingerprint density at radius 3 is 2.77 bits per heavy atom. The van der Waals surface area contributed by atoms with Gasteiger partial charge in [0.15, 0.2) is 5.82 Å². The summed E-state index contributed by atoms with van der Waals surface area (Å²) in [5.41, 5.74) is 0.708. The van der Waals surface area contributed by atoms with Crippen LogP contribution < -0.4 is 5.56 Å². The fourth-order valence-corrected chi connectivity index (χ4v) is 4.02. The van der Waals surface area contributed by atoms with E-state index < -0.39 is 5.97 Å². The maximum Gasteiger partial charge on any atom is 0.327 e. The van der Waals surface area contributed by atoms with Crippen LogP contribution in [0, 0.1) is 6.92 Å². The highest BCUT2D eigenvalue weighted by Crippen LogP contribution is 2.32. The number of tetrazole rings is 1. The molecule has 0 spiro atoms. The Labute approximate surface area is 176 Å². The number of fused-ring (bicyclic) bond motifs is 1. The van der Waals surface area contributed by atoms with Crippen molar-refractivity contribution < 1.29 is 9.53 Å². The van der Waals surface area contributed by atoms with E-state index in [1.807, 2.05) is 25.1 Å². The molecular weight excluding hydrogens is 402 g/mol. The zero-order valence-corrected chi connectivity index (χ0v) is 17.3. The van der Waals surface area contributed by atoms with Crippen molar-refractivity contribution in [1.82, 2.24) is 25.2 Å². The van der Waals surface area contributed by atoms with Crippen LogP contribution in [0.25, 0.3) is 22.2 Å². The molecule has 0 unspecified atom stereocenters. The number of nitrogens with one attached hydrogen (secondary N) is 1. The molecule has 0 aliphatic heterocycles. The Kier molecular flexibility index (Phi) is 5.62. The van der Waals surface area contributed by atoms with Gasteiger partial charge in [-0.3, -0.25) is 9.59 Å². The molecular formula is C21H19N5O3S. The van der Waals surface area contributed by atoms with Crippen LogP contribution in [0.5, 0.6) is 0 Å². The van der Waals surface area contributed by atoms with Crippen molar-refractivity contribution >= 4 is 28.5 Å². The van der Waals surface area contributed by atoms with Crippen LogP contribution in [0.3, 0.4) is 0 Å². The highest BCUT2D eigenvalue weighted by molar-refractivity contribution is 7.99. The van der Waals surface area contributed by atoms with Gasteiger partial charge in [-0.1, -0.05) is 42.1 Å². The van der Waals surface area contributed by atoms with Crippen LogP contribution in [0.15, 0.2) is 63.1 Å². The van der Waals surface area contributed by atoms with Gasteiger partial charge in [0, 0.05) is 15.5 Å². The largest absolute Gasteiger partial charge is 0.465 e. The van der Waals surface area contributed by atoms with Crippen molar-refractivity contribution in [3.63, 3.8) is 0 Å². The van der Waals surface area contributed by atoms with Crippen LogP contribution in [0.2, 0.25) is 0 Å². The van der Waals surface area contributed by atoms with Gasteiger partial charge in [0.1, 0.15) is 6.54 Å². The lowest BCUT2D eigenvalue weighted by Crippen LogP contribution is -2.18. The Hall–Kier alpha value is -3.46. The summed E-state index contributed by atoms with van der Waals surface area (Å²) in [6, 6.07) is 16.1. The maximum absolute atomic E-state index is 12.6. The molecule has 30 heavy (non-hydrogen) atoms. The second-order valence-electron chi connectivity index (χ2n) is 6.58. The number of aryl methyl sites for hydroxylation is 1.